The van der Waals surface area contributed by atoms with E-state index >= 15 is 0 Å². The zero-order valence-electron chi connectivity index (χ0n) is 9.01. The fourth-order valence-corrected chi connectivity index (χ4v) is 1.62. The molecule has 2 aromatic rings. The van der Waals surface area contributed by atoms with Crippen LogP contribution in [0.1, 0.15) is 18.4 Å². The molecule has 2 aromatic heterocycles. The van der Waals surface area contributed by atoms with Crippen molar-refractivity contribution in [1.82, 2.24) is 19.3 Å². The number of aromatic nitrogens is 4. The largest absolute Gasteiger partial charge is 0.382 e. The van der Waals surface area contributed by atoms with Crippen molar-refractivity contribution in [3.8, 4) is 0 Å². The second-order valence-corrected chi connectivity index (χ2v) is 3.48. The summed E-state index contributed by atoms with van der Waals surface area (Å²) >= 11 is 0. The van der Waals surface area contributed by atoms with Crippen molar-refractivity contribution in [2.45, 2.75) is 26.9 Å². The number of nitrogen functional groups attached to an aromatic ring is 1. The zero-order valence-corrected chi connectivity index (χ0v) is 9.01. The van der Waals surface area contributed by atoms with Gasteiger partial charge in [0.25, 0.3) is 0 Å². The van der Waals surface area contributed by atoms with Gasteiger partial charge in [-0.3, -0.25) is 4.68 Å². The maximum Gasteiger partial charge on any atom is 0.145 e. The van der Waals surface area contributed by atoms with E-state index in [2.05, 4.69) is 21.6 Å². The van der Waals surface area contributed by atoms with E-state index in [9.17, 15) is 0 Å². The van der Waals surface area contributed by atoms with Crippen molar-refractivity contribution in [2.24, 2.45) is 0 Å². The van der Waals surface area contributed by atoms with Gasteiger partial charge in [-0.1, -0.05) is 0 Å². The summed E-state index contributed by atoms with van der Waals surface area (Å²) in [7, 11) is 0. The molecule has 0 atom stereocenters. The number of hydrogen-bond acceptors (Lipinski definition) is 3. The van der Waals surface area contributed by atoms with Crippen LogP contribution >= 0.6 is 0 Å². The van der Waals surface area contributed by atoms with Gasteiger partial charge in [-0.2, -0.15) is 5.10 Å². The molecule has 0 aliphatic heterocycles. The Bertz CT molecular complexity index is 454. The van der Waals surface area contributed by atoms with Gasteiger partial charge in [-0.25, -0.2) is 4.98 Å². The van der Waals surface area contributed by atoms with E-state index in [0.717, 1.165) is 24.6 Å². The van der Waals surface area contributed by atoms with Gasteiger partial charge in [0.15, 0.2) is 0 Å². The monoisotopic (exact) mass is 205 g/mol. The molecule has 0 saturated carbocycles. The highest BCUT2D eigenvalue weighted by Crippen LogP contribution is 2.09. The van der Waals surface area contributed by atoms with E-state index in [-0.39, 0.29) is 0 Å². The van der Waals surface area contributed by atoms with Gasteiger partial charge >= 0.3 is 0 Å². The standard InChI is InChI=1S/C10H15N5/c1-3-15-9(6-10(11)13-15)7-14-5-4-12-8(14)2/h4-6H,3,7H2,1-2H3,(H2,11,13). The Labute approximate surface area is 88.5 Å². The van der Waals surface area contributed by atoms with Crippen LogP contribution in [-0.2, 0) is 13.1 Å². The van der Waals surface area contributed by atoms with Gasteiger partial charge in [-0.05, 0) is 13.8 Å². The molecule has 80 valence electrons. The number of anilines is 1. The molecule has 0 saturated heterocycles. The molecule has 0 unspecified atom stereocenters. The number of nitrogens with two attached hydrogens (primary N) is 1. The second-order valence-electron chi connectivity index (χ2n) is 3.48. The minimum atomic E-state index is 0.574. The Hall–Kier alpha value is -1.78. The summed E-state index contributed by atoms with van der Waals surface area (Å²) < 4.78 is 3.98. The van der Waals surface area contributed by atoms with Gasteiger partial charge in [-0.15, -0.1) is 0 Å². The van der Waals surface area contributed by atoms with Gasteiger partial charge in [0.1, 0.15) is 11.6 Å². The lowest BCUT2D eigenvalue weighted by molar-refractivity contribution is 0.597. The SMILES string of the molecule is CCn1nc(N)cc1Cn1ccnc1C. The first kappa shape index (κ1) is 9.76. The second kappa shape index (κ2) is 3.76. The molecule has 0 radical (unpaired) electrons. The van der Waals surface area contributed by atoms with Crippen LogP contribution in [0.3, 0.4) is 0 Å². The molecule has 0 amide bonds. The predicted octanol–water partition coefficient (Wildman–Crippen LogP) is 1.04. The van der Waals surface area contributed by atoms with Crippen molar-refractivity contribution in [3.05, 3.63) is 30.0 Å². The van der Waals surface area contributed by atoms with E-state index in [1.165, 1.54) is 0 Å². The first-order valence-electron chi connectivity index (χ1n) is 5.00. The van der Waals surface area contributed by atoms with Crippen LogP contribution in [0.2, 0.25) is 0 Å². The molecule has 0 aliphatic carbocycles. The molecule has 5 nitrogen and oxygen atoms in total. The Morgan fingerprint density at radius 2 is 2.27 bits per heavy atom. The van der Waals surface area contributed by atoms with Crippen LogP contribution in [0.4, 0.5) is 5.82 Å². The highest BCUT2D eigenvalue weighted by Gasteiger charge is 2.06. The summed E-state index contributed by atoms with van der Waals surface area (Å²) in [5.74, 6) is 1.57. The van der Waals surface area contributed by atoms with Crippen LogP contribution in [0.5, 0.6) is 0 Å². The Kier molecular flexibility index (Phi) is 2.45. The van der Waals surface area contributed by atoms with Crippen LogP contribution < -0.4 is 5.73 Å². The maximum atomic E-state index is 5.67. The van der Waals surface area contributed by atoms with Crippen molar-refractivity contribution in [3.63, 3.8) is 0 Å². The van der Waals surface area contributed by atoms with Gasteiger partial charge in [0.05, 0.1) is 12.2 Å². The third-order valence-electron chi connectivity index (χ3n) is 2.44. The van der Waals surface area contributed by atoms with Crippen molar-refractivity contribution >= 4 is 5.82 Å². The summed E-state index contributed by atoms with van der Waals surface area (Å²) in [6.07, 6.45) is 3.75. The molecular weight excluding hydrogens is 190 g/mol. The normalized spacial score (nSPS) is 10.8. The lowest BCUT2D eigenvalue weighted by Crippen LogP contribution is -2.08. The van der Waals surface area contributed by atoms with E-state index in [4.69, 9.17) is 5.73 Å². The van der Waals surface area contributed by atoms with Crippen molar-refractivity contribution < 1.29 is 0 Å². The first-order chi connectivity index (χ1) is 7.20. The molecule has 2 N–H and O–H groups in total. The topological polar surface area (TPSA) is 61.7 Å². The molecule has 0 aromatic carbocycles. The zero-order chi connectivity index (χ0) is 10.8. The van der Waals surface area contributed by atoms with Crippen LogP contribution in [0, 0.1) is 6.92 Å². The average Bonchev–Trinajstić information content (AvgIpc) is 2.75. The smallest absolute Gasteiger partial charge is 0.145 e. The summed E-state index contributed by atoms with van der Waals surface area (Å²) in [4.78, 5) is 4.18. The molecular formula is C10H15N5. The molecule has 5 heteroatoms. The van der Waals surface area contributed by atoms with Crippen LogP contribution in [-0.4, -0.2) is 19.3 Å². The lowest BCUT2D eigenvalue weighted by atomic mass is 10.4. The first-order valence-corrected chi connectivity index (χ1v) is 5.00. The number of rotatable bonds is 3. The number of aryl methyl sites for hydroxylation is 2. The summed E-state index contributed by atoms with van der Waals surface area (Å²) in [6.45, 7) is 5.64. The molecule has 2 heterocycles. The minimum Gasteiger partial charge on any atom is -0.382 e. The number of imidazole rings is 1. The third kappa shape index (κ3) is 1.86. The minimum absolute atomic E-state index is 0.574. The van der Waals surface area contributed by atoms with Crippen molar-refractivity contribution in [1.29, 1.82) is 0 Å². The third-order valence-corrected chi connectivity index (χ3v) is 2.44. The predicted molar refractivity (Wildman–Crippen MR) is 58.4 cm³/mol. The Morgan fingerprint density at radius 1 is 1.47 bits per heavy atom. The molecule has 15 heavy (non-hydrogen) atoms. The van der Waals surface area contributed by atoms with Gasteiger partial charge in [0.2, 0.25) is 0 Å². The molecule has 0 fully saturated rings. The van der Waals surface area contributed by atoms with Crippen molar-refractivity contribution in [2.75, 3.05) is 5.73 Å². The number of nitrogens with zero attached hydrogens (tertiary/aromatic N) is 4. The molecule has 2 rings (SSSR count). The summed E-state index contributed by atoms with van der Waals surface area (Å²) in [6, 6.07) is 1.91. The summed E-state index contributed by atoms with van der Waals surface area (Å²) in [5.41, 5.74) is 6.77. The highest BCUT2D eigenvalue weighted by atomic mass is 15.3. The lowest BCUT2D eigenvalue weighted by Gasteiger charge is -2.06. The van der Waals surface area contributed by atoms with Gasteiger partial charge in [0, 0.05) is 25.0 Å². The fourth-order valence-electron chi connectivity index (χ4n) is 1.62. The van der Waals surface area contributed by atoms with E-state index in [1.807, 2.05) is 23.9 Å². The van der Waals surface area contributed by atoms with Crippen LogP contribution in [0.25, 0.3) is 0 Å². The Balaban J connectivity index is 2.27. The molecule has 0 spiro atoms. The van der Waals surface area contributed by atoms with Crippen LogP contribution in [0.15, 0.2) is 18.5 Å². The molecule has 0 bridgehead atoms. The Morgan fingerprint density at radius 3 is 2.87 bits per heavy atom. The quantitative estimate of drug-likeness (QED) is 0.814. The van der Waals surface area contributed by atoms with Gasteiger partial charge < -0.3 is 10.3 Å². The van der Waals surface area contributed by atoms with E-state index in [0.29, 0.717) is 5.82 Å². The number of hydrogen-bond donors (Lipinski definition) is 1. The fraction of sp³-hybridized carbons (Fsp3) is 0.400. The molecule has 0 aliphatic rings. The van der Waals surface area contributed by atoms with E-state index < -0.39 is 0 Å². The van der Waals surface area contributed by atoms with E-state index in [1.54, 1.807) is 6.20 Å². The highest BCUT2D eigenvalue weighted by molar-refractivity contribution is 5.29. The maximum absolute atomic E-state index is 5.67. The summed E-state index contributed by atoms with van der Waals surface area (Å²) in [5, 5.41) is 4.20. The average molecular weight is 205 g/mol.